The summed E-state index contributed by atoms with van der Waals surface area (Å²) >= 11 is 0. The lowest BCUT2D eigenvalue weighted by molar-refractivity contribution is 0.447. The zero-order valence-electron chi connectivity index (χ0n) is 9.61. The fraction of sp³-hybridized carbons (Fsp3) is 0.538. The Morgan fingerprint density at radius 1 is 0.882 bits per heavy atom. The predicted molar refractivity (Wildman–Crippen MR) is 61.4 cm³/mol. The first kappa shape index (κ1) is 12.3. The molecule has 1 fully saturated rings. The Hall–Kier alpha value is -1.19. The normalized spacial score (nSPS) is 17.8. The smallest absolute Gasteiger partial charge is 0.196 e. The Balaban J connectivity index is 2.09. The number of nitrogens with one attached hydrogen (secondary N) is 1. The highest BCUT2D eigenvalue weighted by atomic mass is 19.2. The zero-order valence-corrected chi connectivity index (χ0v) is 9.61. The van der Waals surface area contributed by atoms with Gasteiger partial charge in [0.05, 0.1) is 5.69 Å². The summed E-state index contributed by atoms with van der Waals surface area (Å²) in [5, 5.41) is 2.98. The van der Waals surface area contributed by atoms with Gasteiger partial charge in [-0.15, -0.1) is 0 Å². The van der Waals surface area contributed by atoms with Crippen molar-refractivity contribution in [2.24, 2.45) is 0 Å². The summed E-state index contributed by atoms with van der Waals surface area (Å²) in [7, 11) is 0. The van der Waals surface area contributed by atoms with Crippen molar-refractivity contribution in [1.29, 1.82) is 0 Å². The number of halogens is 3. The van der Waals surface area contributed by atoms with E-state index in [-0.39, 0.29) is 11.7 Å². The summed E-state index contributed by atoms with van der Waals surface area (Å²) in [6.07, 6.45) is 6.50. The van der Waals surface area contributed by atoms with Crippen LogP contribution in [0.25, 0.3) is 0 Å². The number of rotatable bonds is 2. The van der Waals surface area contributed by atoms with Gasteiger partial charge in [0.1, 0.15) is 0 Å². The van der Waals surface area contributed by atoms with Crippen LogP contribution in [0.1, 0.15) is 38.5 Å². The van der Waals surface area contributed by atoms with Crippen LogP contribution in [0.2, 0.25) is 0 Å². The fourth-order valence-electron chi connectivity index (χ4n) is 2.28. The summed E-state index contributed by atoms with van der Waals surface area (Å²) in [6, 6.07) is 2.38. The lowest BCUT2D eigenvalue weighted by atomic mass is 10.1. The lowest BCUT2D eigenvalue weighted by Gasteiger charge is -2.18. The van der Waals surface area contributed by atoms with Crippen LogP contribution in [-0.2, 0) is 0 Å². The van der Waals surface area contributed by atoms with E-state index in [1.807, 2.05) is 0 Å². The first-order chi connectivity index (χ1) is 8.18. The van der Waals surface area contributed by atoms with Crippen LogP contribution >= 0.6 is 0 Å². The first-order valence-electron chi connectivity index (χ1n) is 6.08. The highest BCUT2D eigenvalue weighted by Gasteiger charge is 2.17. The summed E-state index contributed by atoms with van der Waals surface area (Å²) < 4.78 is 39.2. The minimum Gasteiger partial charge on any atom is -0.380 e. The van der Waals surface area contributed by atoms with Crippen molar-refractivity contribution >= 4 is 5.69 Å². The third-order valence-electron chi connectivity index (χ3n) is 3.25. The van der Waals surface area contributed by atoms with Gasteiger partial charge in [-0.2, -0.15) is 0 Å². The molecule has 1 aliphatic rings. The molecule has 1 aromatic carbocycles. The molecule has 1 aliphatic carbocycles. The molecule has 0 saturated heterocycles. The minimum atomic E-state index is -1.40. The van der Waals surface area contributed by atoms with E-state index in [1.165, 1.54) is 18.9 Å². The van der Waals surface area contributed by atoms with E-state index < -0.39 is 17.5 Å². The van der Waals surface area contributed by atoms with Crippen LogP contribution in [0.3, 0.4) is 0 Å². The summed E-state index contributed by atoms with van der Waals surface area (Å²) in [6.45, 7) is 0. The molecule has 0 radical (unpaired) electrons. The predicted octanol–water partition coefficient (Wildman–Crippen LogP) is 4.24. The van der Waals surface area contributed by atoms with Gasteiger partial charge in [-0.05, 0) is 25.0 Å². The molecule has 17 heavy (non-hydrogen) atoms. The minimum absolute atomic E-state index is 0.0656. The summed E-state index contributed by atoms with van der Waals surface area (Å²) in [5.41, 5.74) is 0.0656. The van der Waals surface area contributed by atoms with Gasteiger partial charge in [-0.3, -0.25) is 0 Å². The SMILES string of the molecule is Fc1ccc(NC2CCCCCC2)c(F)c1F. The van der Waals surface area contributed by atoms with E-state index in [2.05, 4.69) is 5.32 Å². The average molecular weight is 243 g/mol. The maximum Gasteiger partial charge on any atom is 0.196 e. The van der Waals surface area contributed by atoms with Crippen LogP contribution in [0.4, 0.5) is 18.9 Å². The molecule has 4 heteroatoms. The second-order valence-electron chi connectivity index (χ2n) is 4.56. The van der Waals surface area contributed by atoms with Crippen LogP contribution in [-0.4, -0.2) is 6.04 Å². The third kappa shape index (κ3) is 2.93. The van der Waals surface area contributed by atoms with E-state index in [1.54, 1.807) is 0 Å². The van der Waals surface area contributed by atoms with Gasteiger partial charge < -0.3 is 5.32 Å². The molecule has 0 unspecified atom stereocenters. The van der Waals surface area contributed by atoms with Crippen molar-refractivity contribution in [3.05, 3.63) is 29.6 Å². The topological polar surface area (TPSA) is 12.0 Å². The van der Waals surface area contributed by atoms with E-state index in [0.717, 1.165) is 31.7 Å². The molecule has 0 amide bonds. The van der Waals surface area contributed by atoms with Crippen molar-refractivity contribution in [3.8, 4) is 0 Å². The van der Waals surface area contributed by atoms with Crippen LogP contribution in [0.5, 0.6) is 0 Å². The molecule has 0 atom stereocenters. The second kappa shape index (κ2) is 5.43. The van der Waals surface area contributed by atoms with E-state index in [0.29, 0.717) is 0 Å². The van der Waals surface area contributed by atoms with Crippen LogP contribution < -0.4 is 5.32 Å². The van der Waals surface area contributed by atoms with Gasteiger partial charge in [0, 0.05) is 6.04 Å². The Labute approximate surface area is 99.0 Å². The van der Waals surface area contributed by atoms with Gasteiger partial charge in [-0.25, -0.2) is 13.2 Å². The van der Waals surface area contributed by atoms with Crippen molar-refractivity contribution in [3.63, 3.8) is 0 Å². The van der Waals surface area contributed by atoms with Gasteiger partial charge >= 0.3 is 0 Å². The summed E-state index contributed by atoms with van der Waals surface area (Å²) in [5.74, 6) is -3.66. The Bertz CT molecular complexity index is 384. The largest absolute Gasteiger partial charge is 0.380 e. The number of hydrogen-bond acceptors (Lipinski definition) is 1. The Morgan fingerprint density at radius 2 is 1.53 bits per heavy atom. The van der Waals surface area contributed by atoms with Crippen LogP contribution in [0.15, 0.2) is 12.1 Å². The standard InChI is InChI=1S/C13H16F3N/c14-10-7-8-11(13(16)12(10)15)17-9-5-3-1-2-4-6-9/h7-9,17H,1-6H2. The number of hydrogen-bond donors (Lipinski definition) is 1. The quantitative estimate of drug-likeness (QED) is 0.605. The Morgan fingerprint density at radius 3 is 2.18 bits per heavy atom. The molecule has 0 bridgehead atoms. The molecule has 1 nitrogen and oxygen atoms in total. The molecule has 1 saturated carbocycles. The van der Waals surface area contributed by atoms with Crippen LogP contribution in [0, 0.1) is 17.5 Å². The first-order valence-corrected chi connectivity index (χ1v) is 6.08. The molecule has 94 valence electrons. The van der Waals surface area contributed by atoms with E-state index in [9.17, 15) is 13.2 Å². The van der Waals surface area contributed by atoms with Gasteiger partial charge in [-0.1, -0.05) is 25.7 Å². The van der Waals surface area contributed by atoms with Crippen molar-refractivity contribution in [1.82, 2.24) is 0 Å². The molecule has 1 aromatic rings. The lowest BCUT2D eigenvalue weighted by Crippen LogP contribution is -2.19. The molecule has 0 heterocycles. The van der Waals surface area contributed by atoms with Crippen molar-refractivity contribution in [2.45, 2.75) is 44.6 Å². The van der Waals surface area contributed by atoms with Crippen molar-refractivity contribution < 1.29 is 13.2 Å². The molecular formula is C13H16F3N. The van der Waals surface area contributed by atoms with Gasteiger partial charge in [0.2, 0.25) is 0 Å². The molecule has 1 N–H and O–H groups in total. The van der Waals surface area contributed by atoms with Gasteiger partial charge in [0.25, 0.3) is 0 Å². The van der Waals surface area contributed by atoms with Crippen molar-refractivity contribution in [2.75, 3.05) is 5.32 Å². The maximum atomic E-state index is 13.4. The molecular weight excluding hydrogens is 227 g/mol. The average Bonchev–Trinajstić information content (AvgIpc) is 2.59. The maximum absolute atomic E-state index is 13.4. The van der Waals surface area contributed by atoms with E-state index >= 15 is 0 Å². The fourth-order valence-corrected chi connectivity index (χ4v) is 2.28. The van der Waals surface area contributed by atoms with Gasteiger partial charge in [0.15, 0.2) is 17.5 Å². The molecule has 2 rings (SSSR count). The highest BCUT2D eigenvalue weighted by molar-refractivity contribution is 5.46. The Kier molecular flexibility index (Phi) is 3.92. The molecule has 0 spiro atoms. The number of anilines is 1. The number of benzene rings is 1. The molecule has 0 aromatic heterocycles. The zero-order chi connectivity index (χ0) is 12.3. The van der Waals surface area contributed by atoms with E-state index in [4.69, 9.17) is 0 Å². The molecule has 0 aliphatic heterocycles. The monoisotopic (exact) mass is 243 g/mol. The summed E-state index contributed by atoms with van der Waals surface area (Å²) in [4.78, 5) is 0. The third-order valence-corrected chi connectivity index (χ3v) is 3.25. The highest BCUT2D eigenvalue weighted by Crippen LogP contribution is 2.24. The second-order valence-corrected chi connectivity index (χ2v) is 4.56.